The second-order valence-electron chi connectivity index (χ2n) is 23.0. The fourth-order valence-electron chi connectivity index (χ4n) is 14.6. The highest BCUT2D eigenvalue weighted by molar-refractivity contribution is 6.32. The maximum Gasteiger partial charge on any atom is 0.202 e. The monoisotopic (exact) mass is 1130 g/mol. The number of benzene rings is 4. The first-order chi connectivity index (χ1) is 39.2. The normalized spacial score (nSPS) is 32.0. The lowest BCUT2D eigenvalue weighted by molar-refractivity contribution is -0.190. The Labute approximate surface area is 469 Å². The Kier molecular flexibility index (Phi) is 14.1. The number of methoxy groups -OCH3 is 2. The number of aromatic hydroxyl groups is 4. The van der Waals surface area contributed by atoms with E-state index in [0.717, 1.165) is 0 Å². The highest BCUT2D eigenvalue weighted by atomic mass is 16.6. The summed E-state index contributed by atoms with van der Waals surface area (Å²) < 4.78 is 43.4. The second kappa shape index (κ2) is 20.8. The van der Waals surface area contributed by atoms with Crippen LogP contribution in [0.3, 0.4) is 0 Å². The number of phenolic OH excluding ortho intramolecular Hbond substituents is 4. The van der Waals surface area contributed by atoms with Crippen molar-refractivity contribution in [3.05, 3.63) is 115 Å². The first-order valence-corrected chi connectivity index (χ1v) is 27.5. The van der Waals surface area contributed by atoms with Crippen LogP contribution in [0.15, 0.2) is 48.2 Å². The Balaban J connectivity index is 0.838. The van der Waals surface area contributed by atoms with Crippen LogP contribution in [0.5, 0.6) is 34.5 Å². The van der Waals surface area contributed by atoms with E-state index in [0.29, 0.717) is 18.8 Å². The molecule has 0 spiro atoms. The molecule has 12 rings (SSSR count). The van der Waals surface area contributed by atoms with E-state index in [1.807, 2.05) is 13.8 Å². The topological polar surface area (TPSA) is 318 Å². The number of ether oxygens (including phenoxy) is 7. The molecule has 0 aromatic heterocycles. The maximum absolute atomic E-state index is 14.4. The van der Waals surface area contributed by atoms with Crippen molar-refractivity contribution in [1.82, 2.24) is 9.80 Å². The number of aliphatic hydroxyl groups excluding tert-OH is 2. The van der Waals surface area contributed by atoms with Crippen LogP contribution in [0.4, 0.5) is 0 Å². The molecule has 4 heterocycles. The number of hydrogen-bond acceptors (Lipinski definition) is 22. The molecule has 8 N–H and O–H groups in total. The van der Waals surface area contributed by atoms with Crippen LogP contribution < -0.4 is 9.47 Å². The SMILES string of the molecule is COc1cccc2c1C(=O)c1c(O)c3c(c(O)c1C2=O)C[C@@](O)(C(=O)CO)CC3/C=C1/C[C@H]2[C@H](OCN3CN2COC2[C@H](C)OC(CC4C[C@](O)(COCCO)Cc5c(O)c6c(c(O)c54)C(=O)c4c(OC)cccc4C6=O)C[C@@H]23)[C@@H](C)O1. The molecule has 4 saturated heterocycles. The molecule has 4 aromatic carbocycles. The molecule has 82 heavy (non-hydrogen) atoms. The summed E-state index contributed by atoms with van der Waals surface area (Å²) in [6.07, 6.45) is -1.59. The Hall–Kier alpha value is -6.83. The van der Waals surface area contributed by atoms with Gasteiger partial charge in [0.25, 0.3) is 0 Å². The van der Waals surface area contributed by atoms with Crippen molar-refractivity contribution in [3.8, 4) is 34.5 Å². The van der Waals surface area contributed by atoms with E-state index in [1.54, 1.807) is 12.1 Å². The predicted octanol–water partition coefficient (Wildman–Crippen LogP) is 3.14. The van der Waals surface area contributed by atoms with Gasteiger partial charge in [-0.3, -0.25) is 33.8 Å². The van der Waals surface area contributed by atoms with Crippen LogP contribution in [-0.2, 0) is 41.3 Å². The fourth-order valence-corrected chi connectivity index (χ4v) is 14.6. The lowest BCUT2D eigenvalue weighted by atomic mass is 9.68. The number of allylic oxidation sites excluding steroid dienone is 1. The Morgan fingerprint density at radius 1 is 0.707 bits per heavy atom. The number of carbonyl (C=O) groups is 5. The third-order valence-corrected chi connectivity index (χ3v) is 18.2. The molecule has 22 nitrogen and oxygen atoms in total. The molecule has 434 valence electrons. The lowest BCUT2D eigenvalue weighted by Crippen LogP contribution is -2.56. The summed E-state index contributed by atoms with van der Waals surface area (Å²) >= 11 is 0. The number of carbonyl (C=O) groups excluding carboxylic acids is 5. The van der Waals surface area contributed by atoms with E-state index in [2.05, 4.69) is 9.80 Å². The standard InChI is InChI=1S/C60H64N2O20/c1-26-57-36(15-30(81-26)13-28-17-59(74,22-78-12-11-63)19-34-41(28)53(70)47-45(51(34)68)49(66)32-7-5-9-38(76-3)43(32)55(47)72)61-23-62(25-79-57)37-16-31(82-27(2)58(37)80-24-61)14-29-18-60(75,40(65)21-64)20-35-42(29)54(71)48-46(52(35)69)50(67)33-8-6-10-39(77-4)44(33)56(48)73/h5-10,14,26-30,36-37,57-58,63-64,68-71,74-75H,11-13,15-25H2,1-4H3/b31-14-/t26-,27+,28?,29?,30?,36-,37-,57?,58+,59+,60+/m0/s1. The van der Waals surface area contributed by atoms with E-state index in [9.17, 15) is 64.8 Å². The van der Waals surface area contributed by atoms with Gasteiger partial charge in [-0.15, -0.1) is 0 Å². The van der Waals surface area contributed by atoms with Crippen LogP contribution in [0.2, 0.25) is 0 Å². The number of hydrogen-bond donors (Lipinski definition) is 8. The minimum atomic E-state index is -2.27. The minimum absolute atomic E-state index is 0.00359. The fraction of sp³-hybridized carbons (Fsp3) is 0.483. The predicted molar refractivity (Wildman–Crippen MR) is 284 cm³/mol. The van der Waals surface area contributed by atoms with Crippen molar-refractivity contribution in [1.29, 1.82) is 0 Å². The van der Waals surface area contributed by atoms with Gasteiger partial charge in [0.1, 0.15) is 78.5 Å². The molecule has 0 saturated carbocycles. The number of nitrogens with zero attached hydrogens (tertiary/aromatic N) is 2. The van der Waals surface area contributed by atoms with Gasteiger partial charge in [0, 0.05) is 70.6 Å². The molecule has 4 aromatic rings. The highest BCUT2D eigenvalue weighted by Gasteiger charge is 2.53. The molecule has 4 aliphatic carbocycles. The summed E-state index contributed by atoms with van der Waals surface area (Å²) in [6, 6.07) is 8.20. The van der Waals surface area contributed by atoms with E-state index >= 15 is 0 Å². The van der Waals surface area contributed by atoms with E-state index in [4.69, 9.17) is 33.2 Å². The van der Waals surface area contributed by atoms with E-state index in [-0.39, 0.29) is 132 Å². The number of fused-ring (bicyclic) bond motifs is 12. The number of rotatable bonds is 11. The molecule has 13 atom stereocenters. The largest absolute Gasteiger partial charge is 0.507 e. The summed E-state index contributed by atoms with van der Waals surface area (Å²) in [6.45, 7) is 2.63. The molecule has 6 unspecified atom stereocenters. The van der Waals surface area contributed by atoms with E-state index in [1.165, 1.54) is 44.6 Å². The zero-order valence-electron chi connectivity index (χ0n) is 45.5. The van der Waals surface area contributed by atoms with Crippen LogP contribution in [0.25, 0.3) is 0 Å². The van der Waals surface area contributed by atoms with Crippen LogP contribution in [0, 0.1) is 0 Å². The van der Waals surface area contributed by atoms with Gasteiger partial charge >= 0.3 is 0 Å². The summed E-state index contributed by atoms with van der Waals surface area (Å²) in [5.41, 5.74) is -5.66. The van der Waals surface area contributed by atoms with Gasteiger partial charge in [-0.1, -0.05) is 24.3 Å². The number of ketones is 5. The van der Waals surface area contributed by atoms with Crippen molar-refractivity contribution in [2.45, 2.75) is 124 Å². The lowest BCUT2D eigenvalue weighted by Gasteiger charge is -2.46. The number of phenols is 4. The minimum Gasteiger partial charge on any atom is -0.507 e. The Bertz CT molecular complexity index is 3410. The highest BCUT2D eigenvalue weighted by Crippen LogP contribution is 2.56. The molecule has 22 heteroatoms. The Morgan fingerprint density at radius 3 is 1.85 bits per heavy atom. The van der Waals surface area contributed by atoms with Crippen molar-refractivity contribution in [2.24, 2.45) is 0 Å². The van der Waals surface area contributed by atoms with Gasteiger partial charge < -0.3 is 74.0 Å². The first-order valence-electron chi connectivity index (χ1n) is 27.5. The molecule has 8 aliphatic rings. The quantitative estimate of drug-likeness (QED) is 0.0682. The van der Waals surface area contributed by atoms with Crippen molar-refractivity contribution >= 4 is 28.9 Å². The second-order valence-corrected chi connectivity index (χ2v) is 23.0. The zero-order chi connectivity index (χ0) is 58.0. The summed E-state index contributed by atoms with van der Waals surface area (Å²) in [5, 5.41) is 92.3. The zero-order valence-corrected chi connectivity index (χ0v) is 45.5. The summed E-state index contributed by atoms with van der Waals surface area (Å²) in [5.74, 6) is -7.53. The smallest absolute Gasteiger partial charge is 0.202 e. The number of Topliss-reactive ketones (excluding diaryl/α,β-unsaturated/α-hetero) is 1. The third-order valence-electron chi connectivity index (χ3n) is 18.2. The maximum atomic E-state index is 14.4. The summed E-state index contributed by atoms with van der Waals surface area (Å²) in [7, 11) is 2.69. The molecule has 0 amide bonds. The van der Waals surface area contributed by atoms with Crippen LogP contribution >= 0.6 is 0 Å². The Morgan fingerprint density at radius 2 is 1.27 bits per heavy atom. The molecule has 4 fully saturated rings. The average molecular weight is 1130 g/mol. The molecular weight excluding hydrogens is 1070 g/mol. The third kappa shape index (κ3) is 8.71. The van der Waals surface area contributed by atoms with Gasteiger partial charge in [-0.2, -0.15) is 0 Å². The molecule has 4 aliphatic heterocycles. The summed E-state index contributed by atoms with van der Waals surface area (Å²) in [4.78, 5) is 74.6. The van der Waals surface area contributed by atoms with Gasteiger partial charge in [-0.05, 0) is 63.7 Å². The first kappa shape index (κ1) is 55.7. The van der Waals surface area contributed by atoms with Crippen LogP contribution in [0.1, 0.15) is 144 Å². The van der Waals surface area contributed by atoms with E-state index < -0.39 is 142 Å². The van der Waals surface area contributed by atoms with Gasteiger partial charge in [0.05, 0.1) is 97.7 Å². The van der Waals surface area contributed by atoms with Gasteiger partial charge in [-0.25, -0.2) is 0 Å². The van der Waals surface area contributed by atoms with Crippen molar-refractivity contribution < 1.29 is 98.0 Å². The van der Waals surface area contributed by atoms with Crippen molar-refractivity contribution in [2.75, 3.05) is 60.8 Å². The van der Waals surface area contributed by atoms with Crippen LogP contribution in [-0.4, -0.2) is 194 Å². The number of aliphatic hydroxyl groups is 4. The van der Waals surface area contributed by atoms with Gasteiger partial charge in [0.2, 0.25) is 11.6 Å². The average Bonchev–Trinajstić information content (AvgIpc) is 3.62. The van der Waals surface area contributed by atoms with Gasteiger partial charge in [0.15, 0.2) is 17.3 Å². The molecular formula is C60H64N2O20. The molecule has 0 radical (unpaired) electrons. The molecule has 2 bridgehead atoms. The van der Waals surface area contributed by atoms with Crippen molar-refractivity contribution in [3.63, 3.8) is 0 Å².